The van der Waals surface area contributed by atoms with Crippen LogP contribution in [0, 0.1) is 0 Å². The average Bonchev–Trinajstić information content (AvgIpc) is 2.29. The molecule has 2 N–H and O–H groups in total. The molecule has 0 aliphatic rings. The lowest BCUT2D eigenvalue weighted by molar-refractivity contribution is -0.116. The maximum absolute atomic E-state index is 11.4. The highest BCUT2D eigenvalue weighted by molar-refractivity contribution is 6.17. The number of anilines is 1. The molecule has 1 rings (SSSR count). The fraction of sp³-hybridized carbons (Fsp3) is 0.364. The first-order valence-corrected chi connectivity index (χ1v) is 5.71. The van der Waals surface area contributed by atoms with Gasteiger partial charge in [0.15, 0.2) is 0 Å². The summed E-state index contributed by atoms with van der Waals surface area (Å²) in [4.78, 5) is 25.9. The van der Waals surface area contributed by atoms with Crippen molar-refractivity contribution in [3.05, 3.63) is 24.0 Å². The Labute approximate surface area is 104 Å². The van der Waals surface area contributed by atoms with Gasteiger partial charge in [0.05, 0.1) is 17.4 Å². The van der Waals surface area contributed by atoms with Crippen molar-refractivity contribution < 1.29 is 14.7 Å². The number of aromatic nitrogens is 1. The van der Waals surface area contributed by atoms with E-state index in [2.05, 4.69) is 10.3 Å². The number of carbonyl (C=O) groups is 2. The number of pyridine rings is 1. The lowest BCUT2D eigenvalue weighted by Gasteiger charge is -2.04. The number of unbranched alkanes of at least 4 members (excludes halogenated alkanes) is 1. The highest BCUT2D eigenvalue weighted by Gasteiger charge is 2.06. The van der Waals surface area contributed by atoms with Gasteiger partial charge < -0.3 is 10.4 Å². The molecule has 0 atom stereocenters. The van der Waals surface area contributed by atoms with Crippen LogP contribution in [-0.2, 0) is 4.79 Å². The van der Waals surface area contributed by atoms with Crippen molar-refractivity contribution in [2.75, 3.05) is 11.2 Å². The summed E-state index contributed by atoms with van der Waals surface area (Å²) >= 11 is 5.49. The van der Waals surface area contributed by atoms with Crippen molar-refractivity contribution in [2.24, 2.45) is 0 Å². The van der Waals surface area contributed by atoms with Crippen LogP contribution in [0.4, 0.5) is 5.69 Å². The Morgan fingerprint density at radius 3 is 2.76 bits per heavy atom. The second-order valence-electron chi connectivity index (χ2n) is 3.46. The Morgan fingerprint density at radius 2 is 2.12 bits per heavy atom. The number of amides is 1. The Bertz CT molecular complexity index is 409. The van der Waals surface area contributed by atoms with Gasteiger partial charge in [-0.25, -0.2) is 4.79 Å². The number of rotatable bonds is 6. The molecule has 0 unspecified atom stereocenters. The predicted octanol–water partition coefficient (Wildman–Crippen LogP) is 2.13. The van der Waals surface area contributed by atoms with Crippen molar-refractivity contribution in [3.8, 4) is 0 Å². The number of aromatic carboxylic acids is 1. The molecule has 1 aromatic rings. The predicted molar refractivity (Wildman–Crippen MR) is 64.4 cm³/mol. The monoisotopic (exact) mass is 256 g/mol. The molecule has 92 valence electrons. The Hall–Kier alpha value is -1.62. The Morgan fingerprint density at radius 1 is 1.35 bits per heavy atom. The smallest absolute Gasteiger partial charge is 0.337 e. The van der Waals surface area contributed by atoms with Gasteiger partial charge in [-0.05, 0) is 18.9 Å². The van der Waals surface area contributed by atoms with Crippen LogP contribution < -0.4 is 5.32 Å². The molecule has 0 aliphatic carbocycles. The lowest BCUT2D eigenvalue weighted by Crippen LogP contribution is -2.12. The van der Waals surface area contributed by atoms with Gasteiger partial charge in [0.2, 0.25) is 5.91 Å². The molecule has 0 aromatic carbocycles. The molecule has 0 bridgehead atoms. The maximum Gasteiger partial charge on any atom is 0.337 e. The lowest BCUT2D eigenvalue weighted by atomic mass is 10.2. The zero-order chi connectivity index (χ0) is 12.7. The van der Waals surface area contributed by atoms with Crippen molar-refractivity contribution >= 4 is 29.2 Å². The molecule has 1 aromatic heterocycles. The van der Waals surface area contributed by atoms with Gasteiger partial charge in [-0.2, -0.15) is 0 Å². The third-order valence-corrected chi connectivity index (χ3v) is 2.32. The highest BCUT2D eigenvalue weighted by atomic mass is 35.5. The minimum absolute atomic E-state index is 0.0450. The largest absolute Gasteiger partial charge is 0.478 e. The molecule has 0 aliphatic heterocycles. The first-order valence-electron chi connectivity index (χ1n) is 5.17. The van der Waals surface area contributed by atoms with E-state index in [1.54, 1.807) is 0 Å². The number of carbonyl (C=O) groups excluding carboxylic acids is 1. The summed E-state index contributed by atoms with van der Waals surface area (Å²) in [6.07, 6.45) is 4.49. The minimum Gasteiger partial charge on any atom is -0.478 e. The van der Waals surface area contributed by atoms with Crippen molar-refractivity contribution in [2.45, 2.75) is 19.3 Å². The summed E-state index contributed by atoms with van der Waals surface area (Å²) < 4.78 is 0. The fourth-order valence-electron chi connectivity index (χ4n) is 1.23. The van der Waals surface area contributed by atoms with Gasteiger partial charge in [0, 0.05) is 18.5 Å². The number of carboxylic acid groups (broad SMARTS) is 1. The third-order valence-electron chi connectivity index (χ3n) is 2.06. The molecule has 0 saturated carbocycles. The molecule has 5 nitrogen and oxygen atoms in total. The van der Waals surface area contributed by atoms with Crippen LogP contribution >= 0.6 is 11.6 Å². The average molecular weight is 257 g/mol. The molecule has 1 amide bonds. The van der Waals surface area contributed by atoms with Crippen molar-refractivity contribution in [1.82, 2.24) is 4.98 Å². The fourth-order valence-corrected chi connectivity index (χ4v) is 1.42. The van der Waals surface area contributed by atoms with Gasteiger partial charge in [-0.15, -0.1) is 11.6 Å². The number of halogens is 1. The first kappa shape index (κ1) is 13.4. The van der Waals surface area contributed by atoms with Gasteiger partial charge in [0.25, 0.3) is 0 Å². The zero-order valence-electron chi connectivity index (χ0n) is 9.15. The molecule has 6 heteroatoms. The van der Waals surface area contributed by atoms with Gasteiger partial charge in [0.1, 0.15) is 0 Å². The van der Waals surface area contributed by atoms with Crippen LogP contribution in [0.3, 0.4) is 0 Å². The van der Waals surface area contributed by atoms with Crippen molar-refractivity contribution in [1.29, 1.82) is 0 Å². The minimum atomic E-state index is -1.07. The number of nitrogens with zero attached hydrogens (tertiary/aromatic N) is 1. The van der Waals surface area contributed by atoms with Crippen molar-refractivity contribution in [3.63, 3.8) is 0 Å². The van der Waals surface area contributed by atoms with Crippen LogP contribution in [0.5, 0.6) is 0 Å². The normalized spacial score (nSPS) is 9.94. The third kappa shape index (κ3) is 4.82. The van der Waals surface area contributed by atoms with E-state index >= 15 is 0 Å². The van der Waals surface area contributed by atoms with E-state index in [1.165, 1.54) is 18.5 Å². The number of nitrogens with one attached hydrogen (secondary N) is 1. The number of alkyl halides is 1. The molecule has 0 radical (unpaired) electrons. The molecule has 0 spiro atoms. The number of hydrogen-bond donors (Lipinski definition) is 2. The summed E-state index contributed by atoms with van der Waals surface area (Å²) in [5.41, 5.74) is 0.435. The van der Waals surface area contributed by atoms with Crippen LogP contribution in [0.15, 0.2) is 18.5 Å². The second kappa shape index (κ2) is 6.85. The molecule has 0 fully saturated rings. The molecule has 17 heavy (non-hydrogen) atoms. The van der Waals surface area contributed by atoms with E-state index in [0.29, 0.717) is 24.4 Å². The van der Waals surface area contributed by atoms with E-state index in [0.717, 1.165) is 6.42 Å². The van der Waals surface area contributed by atoms with Crippen LogP contribution in [0.1, 0.15) is 29.6 Å². The Balaban J connectivity index is 2.53. The SMILES string of the molecule is O=C(CCCCCl)Nc1cncc(C(=O)O)c1. The maximum atomic E-state index is 11.4. The standard InChI is InChI=1S/C11H13ClN2O3/c12-4-2-1-3-10(15)14-9-5-8(11(16)17)6-13-7-9/h5-7H,1-4H2,(H,14,15)(H,16,17). The van der Waals surface area contributed by atoms with E-state index in [1.807, 2.05) is 0 Å². The van der Waals surface area contributed by atoms with E-state index in [-0.39, 0.29) is 11.5 Å². The molecule has 0 saturated heterocycles. The Kier molecular flexibility index (Phi) is 5.42. The first-order chi connectivity index (χ1) is 8.13. The summed E-state index contributed by atoms with van der Waals surface area (Å²) in [6, 6.07) is 1.37. The van der Waals surface area contributed by atoms with Gasteiger partial charge in [-0.3, -0.25) is 9.78 Å². The summed E-state index contributed by atoms with van der Waals surface area (Å²) in [6.45, 7) is 0. The van der Waals surface area contributed by atoms with E-state index < -0.39 is 5.97 Å². The molecular weight excluding hydrogens is 244 g/mol. The summed E-state index contributed by atoms with van der Waals surface area (Å²) in [5.74, 6) is -0.709. The van der Waals surface area contributed by atoms with E-state index in [4.69, 9.17) is 16.7 Å². The van der Waals surface area contributed by atoms with Crippen LogP contribution in [-0.4, -0.2) is 27.8 Å². The topological polar surface area (TPSA) is 79.3 Å². The second-order valence-corrected chi connectivity index (χ2v) is 3.84. The summed E-state index contributed by atoms with van der Waals surface area (Å²) in [7, 11) is 0. The van der Waals surface area contributed by atoms with E-state index in [9.17, 15) is 9.59 Å². The number of hydrogen-bond acceptors (Lipinski definition) is 3. The highest BCUT2D eigenvalue weighted by Crippen LogP contribution is 2.09. The van der Waals surface area contributed by atoms with Gasteiger partial charge in [-0.1, -0.05) is 0 Å². The molecular formula is C11H13ClN2O3. The van der Waals surface area contributed by atoms with Gasteiger partial charge >= 0.3 is 5.97 Å². The number of carboxylic acids is 1. The summed E-state index contributed by atoms with van der Waals surface area (Å²) in [5, 5.41) is 11.3. The zero-order valence-corrected chi connectivity index (χ0v) is 9.91. The quantitative estimate of drug-likeness (QED) is 0.604. The van der Waals surface area contributed by atoms with Crippen LogP contribution in [0.25, 0.3) is 0 Å². The molecule has 1 heterocycles. The van der Waals surface area contributed by atoms with Crippen LogP contribution in [0.2, 0.25) is 0 Å².